The van der Waals surface area contributed by atoms with Gasteiger partial charge in [0.25, 0.3) is 0 Å². The molecule has 1 N–H and O–H groups in total. The first kappa shape index (κ1) is 29.1. The third-order valence-corrected chi connectivity index (χ3v) is 5.85. The van der Waals surface area contributed by atoms with Gasteiger partial charge in [0.05, 0.1) is 13.2 Å². The van der Waals surface area contributed by atoms with Crippen LogP contribution >= 0.6 is 11.8 Å². The first-order valence-electron chi connectivity index (χ1n) is 12.2. The number of alkyl carbamates (subject to hydrolysis) is 1. The molecule has 0 saturated carbocycles. The molecule has 0 aromatic rings. The molecule has 30 heavy (non-hydrogen) atoms. The highest BCUT2D eigenvalue weighted by atomic mass is 32.2. The number of amides is 1. The summed E-state index contributed by atoms with van der Waals surface area (Å²) in [6, 6.07) is -0.622. The highest BCUT2D eigenvalue weighted by Crippen LogP contribution is 2.13. The minimum absolute atomic E-state index is 0.287. The largest absolute Gasteiger partial charge is 0.464 e. The standard InChI is InChI=1S/C24H47NO4S/c1-4-6-7-8-9-10-11-12-13-14-15-16-17-18-20-29-23(26)22(19-21-30-3)25-24(27)28-5-2/h22H,4-21H2,1-3H3,(H,25,27)/t22-/m0/s1. The van der Waals surface area contributed by atoms with Crippen LogP contribution in [0, 0.1) is 0 Å². The van der Waals surface area contributed by atoms with E-state index in [1.165, 1.54) is 77.0 Å². The lowest BCUT2D eigenvalue weighted by Crippen LogP contribution is -2.42. The molecule has 0 aliphatic carbocycles. The lowest BCUT2D eigenvalue weighted by atomic mass is 10.0. The topological polar surface area (TPSA) is 64.6 Å². The van der Waals surface area contributed by atoms with Crippen molar-refractivity contribution in [3.05, 3.63) is 0 Å². The average molecular weight is 446 g/mol. The molecule has 0 rings (SSSR count). The third kappa shape index (κ3) is 19.1. The lowest BCUT2D eigenvalue weighted by Gasteiger charge is -2.17. The van der Waals surface area contributed by atoms with Crippen LogP contribution in [0.4, 0.5) is 4.79 Å². The molecule has 0 unspecified atom stereocenters. The molecule has 0 heterocycles. The summed E-state index contributed by atoms with van der Waals surface area (Å²) in [5, 5.41) is 2.61. The van der Waals surface area contributed by atoms with E-state index in [4.69, 9.17) is 9.47 Å². The van der Waals surface area contributed by atoms with Crippen molar-refractivity contribution in [2.45, 2.75) is 116 Å². The number of carbonyl (C=O) groups excluding carboxylic acids is 2. The van der Waals surface area contributed by atoms with Crippen LogP contribution in [0.3, 0.4) is 0 Å². The van der Waals surface area contributed by atoms with Crippen molar-refractivity contribution in [1.82, 2.24) is 5.32 Å². The molecule has 178 valence electrons. The fourth-order valence-corrected chi connectivity index (χ4v) is 3.84. The fraction of sp³-hybridized carbons (Fsp3) is 0.917. The molecule has 0 aromatic heterocycles. The zero-order valence-electron chi connectivity index (χ0n) is 19.8. The van der Waals surface area contributed by atoms with E-state index in [0.29, 0.717) is 13.0 Å². The summed E-state index contributed by atoms with van der Waals surface area (Å²) >= 11 is 1.64. The molecule has 5 nitrogen and oxygen atoms in total. The number of carbonyl (C=O) groups is 2. The molecule has 0 radical (unpaired) electrons. The van der Waals surface area contributed by atoms with Gasteiger partial charge in [-0.3, -0.25) is 0 Å². The Morgan fingerprint density at radius 1 is 0.767 bits per heavy atom. The Morgan fingerprint density at radius 3 is 1.73 bits per heavy atom. The summed E-state index contributed by atoms with van der Waals surface area (Å²) in [5.74, 6) is 0.428. The van der Waals surface area contributed by atoms with Crippen molar-refractivity contribution < 1.29 is 19.1 Å². The van der Waals surface area contributed by atoms with Gasteiger partial charge in [0.2, 0.25) is 0 Å². The van der Waals surface area contributed by atoms with Gasteiger partial charge in [-0.05, 0) is 31.8 Å². The zero-order chi connectivity index (χ0) is 22.3. The van der Waals surface area contributed by atoms with Gasteiger partial charge in [0, 0.05) is 0 Å². The highest BCUT2D eigenvalue weighted by Gasteiger charge is 2.22. The Bertz CT molecular complexity index is 407. The predicted molar refractivity (Wildman–Crippen MR) is 128 cm³/mol. The molecule has 1 atom stereocenters. The highest BCUT2D eigenvalue weighted by molar-refractivity contribution is 7.98. The smallest absolute Gasteiger partial charge is 0.407 e. The average Bonchev–Trinajstić information content (AvgIpc) is 2.73. The van der Waals surface area contributed by atoms with Crippen molar-refractivity contribution >= 4 is 23.8 Å². The molecule has 1 amide bonds. The molecule has 0 aliphatic rings. The van der Waals surface area contributed by atoms with E-state index in [1.54, 1.807) is 18.7 Å². The van der Waals surface area contributed by atoms with Gasteiger partial charge in [0.15, 0.2) is 0 Å². The maximum absolute atomic E-state index is 12.2. The van der Waals surface area contributed by atoms with Crippen LogP contribution in [0.5, 0.6) is 0 Å². The second kappa shape index (κ2) is 22.8. The summed E-state index contributed by atoms with van der Waals surface area (Å²) in [7, 11) is 0. The van der Waals surface area contributed by atoms with Crippen LogP contribution in [-0.4, -0.2) is 43.3 Å². The summed E-state index contributed by atoms with van der Waals surface area (Å²) in [5.41, 5.74) is 0. The van der Waals surface area contributed by atoms with Crippen molar-refractivity contribution in [3.63, 3.8) is 0 Å². The van der Waals surface area contributed by atoms with E-state index in [1.807, 2.05) is 6.26 Å². The Kier molecular flexibility index (Phi) is 22.1. The number of rotatable bonds is 21. The molecule has 0 bridgehead atoms. The molecule has 0 spiro atoms. The van der Waals surface area contributed by atoms with Crippen LogP contribution < -0.4 is 5.32 Å². The Morgan fingerprint density at radius 2 is 1.27 bits per heavy atom. The van der Waals surface area contributed by atoms with Crippen molar-refractivity contribution in [3.8, 4) is 0 Å². The minimum atomic E-state index is -0.622. The zero-order valence-corrected chi connectivity index (χ0v) is 20.7. The monoisotopic (exact) mass is 445 g/mol. The van der Waals surface area contributed by atoms with E-state index < -0.39 is 12.1 Å². The maximum atomic E-state index is 12.2. The number of nitrogens with one attached hydrogen (secondary N) is 1. The van der Waals surface area contributed by atoms with Gasteiger partial charge >= 0.3 is 12.1 Å². The van der Waals surface area contributed by atoms with Gasteiger partial charge in [-0.2, -0.15) is 11.8 Å². The number of thioether (sulfide) groups is 1. The van der Waals surface area contributed by atoms with Crippen molar-refractivity contribution in [1.29, 1.82) is 0 Å². The number of ether oxygens (including phenoxy) is 2. The quantitative estimate of drug-likeness (QED) is 0.154. The minimum Gasteiger partial charge on any atom is -0.464 e. The van der Waals surface area contributed by atoms with E-state index in [2.05, 4.69) is 12.2 Å². The number of esters is 1. The SMILES string of the molecule is CCCCCCCCCCCCCCCCOC(=O)[C@H](CCSC)NC(=O)OCC. The van der Waals surface area contributed by atoms with Crippen LogP contribution in [0.2, 0.25) is 0 Å². The van der Waals surface area contributed by atoms with Crippen LogP contribution in [0.25, 0.3) is 0 Å². The first-order valence-corrected chi connectivity index (χ1v) is 13.6. The van der Waals surface area contributed by atoms with E-state index in [-0.39, 0.29) is 12.6 Å². The van der Waals surface area contributed by atoms with Gasteiger partial charge in [-0.1, -0.05) is 90.4 Å². The van der Waals surface area contributed by atoms with Crippen LogP contribution in [0.1, 0.15) is 110 Å². The van der Waals surface area contributed by atoms with Gasteiger partial charge < -0.3 is 14.8 Å². The fourth-order valence-electron chi connectivity index (χ4n) is 3.37. The molecule has 0 aromatic carbocycles. The van der Waals surface area contributed by atoms with E-state index >= 15 is 0 Å². The summed E-state index contributed by atoms with van der Waals surface area (Å²) in [6.45, 7) is 4.72. The Hall–Kier alpha value is -0.910. The van der Waals surface area contributed by atoms with Crippen LogP contribution in [-0.2, 0) is 14.3 Å². The molecule has 0 fully saturated rings. The molecular formula is C24H47NO4S. The molecule has 0 saturated heterocycles. The maximum Gasteiger partial charge on any atom is 0.407 e. The second-order valence-corrected chi connectivity index (χ2v) is 8.95. The molecular weight excluding hydrogens is 398 g/mol. The van der Waals surface area contributed by atoms with Gasteiger partial charge in [-0.15, -0.1) is 0 Å². The molecule has 6 heteroatoms. The normalized spacial score (nSPS) is 11.8. The van der Waals surface area contributed by atoms with Crippen molar-refractivity contribution in [2.24, 2.45) is 0 Å². The van der Waals surface area contributed by atoms with Gasteiger partial charge in [-0.25, -0.2) is 9.59 Å². The number of hydrogen-bond donors (Lipinski definition) is 1. The number of unbranched alkanes of at least 4 members (excludes halogenated alkanes) is 13. The second-order valence-electron chi connectivity index (χ2n) is 7.96. The van der Waals surface area contributed by atoms with E-state index in [9.17, 15) is 9.59 Å². The Balaban J connectivity index is 3.59. The summed E-state index contributed by atoms with van der Waals surface area (Å²) in [6.07, 6.45) is 20.2. The summed E-state index contributed by atoms with van der Waals surface area (Å²) in [4.78, 5) is 23.8. The van der Waals surface area contributed by atoms with E-state index in [0.717, 1.165) is 18.6 Å². The Labute approximate surface area is 189 Å². The lowest BCUT2D eigenvalue weighted by molar-refractivity contribution is -0.146. The molecule has 0 aliphatic heterocycles. The number of hydrogen-bond acceptors (Lipinski definition) is 5. The predicted octanol–water partition coefficient (Wildman–Crippen LogP) is 6.88. The van der Waals surface area contributed by atoms with Crippen molar-refractivity contribution in [2.75, 3.05) is 25.2 Å². The van der Waals surface area contributed by atoms with Gasteiger partial charge in [0.1, 0.15) is 6.04 Å². The first-order chi connectivity index (χ1) is 14.7. The van der Waals surface area contributed by atoms with Crippen LogP contribution in [0.15, 0.2) is 0 Å². The third-order valence-electron chi connectivity index (χ3n) is 5.20. The summed E-state index contributed by atoms with van der Waals surface area (Å²) < 4.78 is 10.2.